The summed E-state index contributed by atoms with van der Waals surface area (Å²) in [5.74, 6) is -1.40. The fourth-order valence-corrected chi connectivity index (χ4v) is 1.10. The molecule has 13 heavy (non-hydrogen) atoms. The maximum Gasteiger partial charge on any atom is 0.277 e. The fraction of sp³-hybridized carbons (Fsp3) is 1.00. The van der Waals surface area contributed by atoms with Gasteiger partial charge in [0.1, 0.15) is 0 Å². The number of hydrogen-bond acceptors (Lipinski definition) is 3. The van der Waals surface area contributed by atoms with Crippen LogP contribution in [0.1, 0.15) is 46.5 Å². The third-order valence-corrected chi connectivity index (χ3v) is 1.78. The molecule has 0 heterocycles. The average Bonchev–Trinajstić information content (AvgIpc) is 2.04. The first kappa shape index (κ1) is 12.9. The first-order valence-electron chi connectivity index (χ1n) is 5.12. The van der Waals surface area contributed by atoms with Gasteiger partial charge in [-0.05, 0) is 13.3 Å². The van der Waals surface area contributed by atoms with E-state index in [2.05, 4.69) is 6.92 Å². The van der Waals surface area contributed by atoms with Crippen LogP contribution >= 0.6 is 0 Å². The average molecular weight is 190 g/mol. The molecule has 1 unspecified atom stereocenters. The molecule has 0 radical (unpaired) electrons. The first-order valence-corrected chi connectivity index (χ1v) is 5.12. The highest BCUT2D eigenvalue weighted by Gasteiger charge is 2.19. The lowest BCUT2D eigenvalue weighted by Crippen LogP contribution is -2.32. The Labute approximate surface area is 81.0 Å². The van der Waals surface area contributed by atoms with Crippen LogP contribution in [0.15, 0.2) is 0 Å². The van der Waals surface area contributed by atoms with Crippen molar-refractivity contribution in [2.24, 2.45) is 0 Å². The van der Waals surface area contributed by atoms with Gasteiger partial charge in [-0.15, -0.1) is 0 Å². The summed E-state index contributed by atoms with van der Waals surface area (Å²) >= 11 is 0. The van der Waals surface area contributed by atoms with E-state index in [9.17, 15) is 5.11 Å². The summed E-state index contributed by atoms with van der Waals surface area (Å²) in [6, 6.07) is 0. The van der Waals surface area contributed by atoms with Crippen LogP contribution in [-0.2, 0) is 9.47 Å². The largest absolute Gasteiger partial charge is 0.344 e. The van der Waals surface area contributed by atoms with Gasteiger partial charge in [-0.1, -0.05) is 26.2 Å². The van der Waals surface area contributed by atoms with Crippen LogP contribution in [0.2, 0.25) is 0 Å². The molecule has 0 amide bonds. The summed E-state index contributed by atoms with van der Waals surface area (Å²) in [6.45, 7) is 6.54. The Hall–Kier alpha value is -0.120. The summed E-state index contributed by atoms with van der Waals surface area (Å²) in [7, 11) is 0. The van der Waals surface area contributed by atoms with Crippen molar-refractivity contribution in [2.45, 2.75) is 52.4 Å². The summed E-state index contributed by atoms with van der Waals surface area (Å²) in [4.78, 5) is 0. The van der Waals surface area contributed by atoms with E-state index in [0.717, 1.165) is 12.8 Å². The molecule has 0 aromatic carbocycles. The van der Waals surface area contributed by atoms with Gasteiger partial charge in [0.25, 0.3) is 5.97 Å². The quantitative estimate of drug-likeness (QED) is 0.471. The predicted octanol–water partition coefficient (Wildman–Crippen LogP) is 2.29. The van der Waals surface area contributed by atoms with E-state index in [1.54, 1.807) is 0 Å². The van der Waals surface area contributed by atoms with Crippen LogP contribution in [0.5, 0.6) is 0 Å². The smallest absolute Gasteiger partial charge is 0.277 e. The van der Waals surface area contributed by atoms with Crippen LogP contribution in [0, 0.1) is 0 Å². The van der Waals surface area contributed by atoms with Gasteiger partial charge in [-0.2, -0.15) is 0 Å². The molecule has 1 N–H and O–H groups in total. The number of ether oxygens (including phenoxy) is 2. The first-order chi connectivity index (χ1) is 6.12. The summed E-state index contributed by atoms with van der Waals surface area (Å²) in [5.41, 5.74) is 0. The van der Waals surface area contributed by atoms with E-state index >= 15 is 0 Å². The molecule has 0 saturated heterocycles. The Morgan fingerprint density at radius 1 is 1.08 bits per heavy atom. The minimum absolute atomic E-state index is 0.460. The molecule has 0 aliphatic rings. The Morgan fingerprint density at radius 3 is 2.31 bits per heavy atom. The second kappa shape index (κ2) is 7.30. The van der Waals surface area contributed by atoms with Crippen molar-refractivity contribution in [2.75, 3.05) is 13.2 Å². The molecular formula is C10H22O3. The monoisotopic (exact) mass is 190 g/mol. The molecule has 80 valence electrons. The molecule has 0 fully saturated rings. The lowest BCUT2D eigenvalue weighted by molar-refractivity contribution is -0.347. The van der Waals surface area contributed by atoms with Crippen molar-refractivity contribution in [3.05, 3.63) is 0 Å². The summed E-state index contributed by atoms with van der Waals surface area (Å²) in [5, 5.41) is 9.43. The Kier molecular flexibility index (Phi) is 7.23. The molecular weight excluding hydrogens is 168 g/mol. The van der Waals surface area contributed by atoms with Gasteiger partial charge in [0.2, 0.25) is 0 Å². The van der Waals surface area contributed by atoms with Crippen molar-refractivity contribution in [1.29, 1.82) is 0 Å². The molecule has 0 aliphatic carbocycles. The number of aliphatic hydroxyl groups is 1. The topological polar surface area (TPSA) is 38.7 Å². The third kappa shape index (κ3) is 8.22. The van der Waals surface area contributed by atoms with Crippen molar-refractivity contribution in [1.82, 2.24) is 0 Å². The predicted molar refractivity (Wildman–Crippen MR) is 52.3 cm³/mol. The summed E-state index contributed by atoms with van der Waals surface area (Å²) < 4.78 is 10.1. The van der Waals surface area contributed by atoms with Gasteiger partial charge in [-0.3, -0.25) is 0 Å². The van der Waals surface area contributed by atoms with Gasteiger partial charge in [0.05, 0.1) is 6.61 Å². The highest BCUT2D eigenvalue weighted by molar-refractivity contribution is 4.44. The second-order valence-corrected chi connectivity index (χ2v) is 3.24. The molecule has 0 aliphatic heterocycles. The molecule has 3 nitrogen and oxygen atoms in total. The Balaban J connectivity index is 3.29. The number of hydrogen-bond donors (Lipinski definition) is 1. The highest BCUT2D eigenvalue weighted by atomic mass is 16.8. The van der Waals surface area contributed by atoms with Crippen LogP contribution in [0.4, 0.5) is 0 Å². The zero-order valence-electron chi connectivity index (χ0n) is 9.01. The van der Waals surface area contributed by atoms with Crippen molar-refractivity contribution >= 4 is 0 Å². The van der Waals surface area contributed by atoms with Gasteiger partial charge < -0.3 is 14.6 Å². The van der Waals surface area contributed by atoms with Crippen molar-refractivity contribution < 1.29 is 14.6 Å². The summed E-state index contributed by atoms with van der Waals surface area (Å²) in [6.07, 6.45) is 4.57. The van der Waals surface area contributed by atoms with Gasteiger partial charge in [-0.25, -0.2) is 0 Å². The van der Waals surface area contributed by atoms with Crippen LogP contribution in [0.25, 0.3) is 0 Å². The maximum absolute atomic E-state index is 9.43. The molecule has 0 aromatic heterocycles. The van der Waals surface area contributed by atoms with E-state index in [0.29, 0.717) is 13.2 Å². The SMILES string of the molecule is CCCCCCOC(C)(O)OCC. The molecule has 0 rings (SSSR count). The lowest BCUT2D eigenvalue weighted by Gasteiger charge is -2.22. The molecule has 0 bridgehead atoms. The molecule has 0 spiro atoms. The standard InChI is InChI=1S/C10H22O3/c1-4-6-7-8-9-13-10(3,11)12-5-2/h11H,4-9H2,1-3H3. The molecule has 0 aromatic rings. The second-order valence-electron chi connectivity index (χ2n) is 3.24. The highest BCUT2D eigenvalue weighted by Crippen LogP contribution is 2.09. The number of unbranched alkanes of at least 4 members (excludes halogenated alkanes) is 3. The van der Waals surface area contributed by atoms with Crippen molar-refractivity contribution in [3.63, 3.8) is 0 Å². The van der Waals surface area contributed by atoms with E-state index in [1.807, 2.05) is 6.92 Å². The molecule has 1 atom stereocenters. The van der Waals surface area contributed by atoms with E-state index in [4.69, 9.17) is 9.47 Å². The van der Waals surface area contributed by atoms with Gasteiger partial charge in [0, 0.05) is 13.5 Å². The maximum atomic E-state index is 9.43. The zero-order valence-corrected chi connectivity index (χ0v) is 9.01. The van der Waals surface area contributed by atoms with Crippen LogP contribution in [0.3, 0.4) is 0 Å². The fourth-order valence-electron chi connectivity index (χ4n) is 1.10. The Morgan fingerprint density at radius 2 is 1.77 bits per heavy atom. The number of rotatable bonds is 8. The van der Waals surface area contributed by atoms with Crippen LogP contribution < -0.4 is 0 Å². The molecule has 0 saturated carbocycles. The lowest BCUT2D eigenvalue weighted by atomic mass is 10.2. The van der Waals surface area contributed by atoms with Gasteiger partial charge >= 0.3 is 0 Å². The van der Waals surface area contributed by atoms with Crippen molar-refractivity contribution in [3.8, 4) is 0 Å². The minimum Gasteiger partial charge on any atom is -0.344 e. The van der Waals surface area contributed by atoms with E-state index in [-0.39, 0.29) is 0 Å². The minimum atomic E-state index is -1.40. The Bertz CT molecular complexity index is 113. The van der Waals surface area contributed by atoms with Crippen LogP contribution in [-0.4, -0.2) is 24.3 Å². The molecule has 3 heteroatoms. The third-order valence-electron chi connectivity index (χ3n) is 1.78. The van der Waals surface area contributed by atoms with E-state index < -0.39 is 5.97 Å². The normalized spacial score (nSPS) is 15.7. The van der Waals surface area contributed by atoms with Gasteiger partial charge in [0.15, 0.2) is 0 Å². The van der Waals surface area contributed by atoms with E-state index in [1.165, 1.54) is 19.8 Å². The zero-order chi connectivity index (χ0) is 10.2.